The maximum Gasteiger partial charge on any atom is 0.254 e. The van der Waals surface area contributed by atoms with Gasteiger partial charge in [-0.15, -0.1) is 0 Å². The van der Waals surface area contributed by atoms with Crippen molar-refractivity contribution >= 4 is 11.6 Å². The van der Waals surface area contributed by atoms with Crippen molar-refractivity contribution in [1.29, 1.82) is 0 Å². The summed E-state index contributed by atoms with van der Waals surface area (Å²) in [6, 6.07) is 0. The van der Waals surface area contributed by atoms with Crippen LogP contribution in [0.4, 0.5) is 0 Å². The van der Waals surface area contributed by atoms with Crippen LogP contribution in [0, 0.1) is 0 Å². The van der Waals surface area contributed by atoms with Crippen molar-refractivity contribution in [3.8, 4) is 0 Å². The van der Waals surface area contributed by atoms with Crippen molar-refractivity contribution in [3.05, 3.63) is 27.4 Å². The third-order valence-electron chi connectivity index (χ3n) is 1.22. The summed E-state index contributed by atoms with van der Waals surface area (Å²) in [5, 5.41) is 0.141. The molecule has 3 nitrogen and oxygen atoms in total. The van der Waals surface area contributed by atoms with Crippen molar-refractivity contribution in [2.24, 2.45) is 0 Å². The highest BCUT2D eigenvalue weighted by molar-refractivity contribution is 6.28. The second-order valence-corrected chi connectivity index (χ2v) is 2.24. The van der Waals surface area contributed by atoms with Crippen molar-refractivity contribution in [3.63, 3.8) is 0 Å². The van der Waals surface area contributed by atoms with Gasteiger partial charge in [0.15, 0.2) is 0 Å². The van der Waals surface area contributed by atoms with E-state index >= 15 is 0 Å². The topological polar surface area (TPSA) is 45.8 Å². The smallest absolute Gasteiger partial charge is 0.254 e. The predicted octanol–water partition coefficient (Wildman–Crippen LogP) is 0.986. The molecule has 0 amide bonds. The minimum absolute atomic E-state index is 0.141. The van der Waals surface area contributed by atoms with E-state index in [-0.39, 0.29) is 10.8 Å². The van der Waals surface area contributed by atoms with E-state index in [9.17, 15) is 4.79 Å². The van der Waals surface area contributed by atoms with E-state index in [4.69, 9.17) is 11.6 Å². The fourth-order valence-corrected chi connectivity index (χ4v) is 0.786. The first-order chi connectivity index (χ1) is 4.74. The van der Waals surface area contributed by atoms with Gasteiger partial charge in [-0.3, -0.25) is 9.78 Å². The number of hydrogen-bond donors (Lipinski definition) is 1. The average molecular weight is 159 g/mol. The molecule has 1 rings (SSSR count). The Morgan fingerprint density at radius 3 is 3.00 bits per heavy atom. The molecule has 0 radical (unpaired) electrons. The van der Waals surface area contributed by atoms with E-state index in [2.05, 4.69) is 9.97 Å². The molecule has 1 aromatic heterocycles. The summed E-state index contributed by atoms with van der Waals surface area (Å²) < 4.78 is 0. The number of aryl methyl sites for hydroxylation is 1. The quantitative estimate of drug-likeness (QED) is 0.620. The van der Waals surface area contributed by atoms with Gasteiger partial charge in [0, 0.05) is 11.8 Å². The molecular formula is C6H7ClN2O. The van der Waals surface area contributed by atoms with Gasteiger partial charge in [0.2, 0.25) is 5.28 Å². The van der Waals surface area contributed by atoms with Crippen LogP contribution < -0.4 is 5.56 Å². The molecule has 4 heteroatoms. The first-order valence-electron chi connectivity index (χ1n) is 2.97. The molecule has 0 aliphatic heterocycles. The third kappa shape index (κ3) is 1.36. The summed E-state index contributed by atoms with van der Waals surface area (Å²) in [7, 11) is 0. The van der Waals surface area contributed by atoms with Gasteiger partial charge in [-0.1, -0.05) is 6.92 Å². The van der Waals surface area contributed by atoms with Crippen LogP contribution in [-0.2, 0) is 6.42 Å². The Kier molecular flexibility index (Phi) is 2.06. The second-order valence-electron chi connectivity index (χ2n) is 1.88. The van der Waals surface area contributed by atoms with Crippen LogP contribution in [0.3, 0.4) is 0 Å². The summed E-state index contributed by atoms with van der Waals surface area (Å²) in [5.41, 5.74) is 0.506. The van der Waals surface area contributed by atoms with Crippen molar-refractivity contribution in [1.82, 2.24) is 9.97 Å². The fraction of sp³-hybridized carbons (Fsp3) is 0.333. The van der Waals surface area contributed by atoms with Gasteiger partial charge in [-0.25, -0.2) is 4.98 Å². The lowest BCUT2D eigenvalue weighted by molar-refractivity contribution is 1.00. The Balaban J connectivity index is 3.20. The lowest BCUT2D eigenvalue weighted by Gasteiger charge is -1.92. The van der Waals surface area contributed by atoms with Gasteiger partial charge < -0.3 is 0 Å². The minimum atomic E-state index is -0.150. The first kappa shape index (κ1) is 7.28. The van der Waals surface area contributed by atoms with Gasteiger partial charge >= 0.3 is 0 Å². The third-order valence-corrected chi connectivity index (χ3v) is 1.42. The normalized spacial score (nSPS) is 9.80. The highest BCUT2D eigenvalue weighted by atomic mass is 35.5. The molecule has 10 heavy (non-hydrogen) atoms. The number of rotatable bonds is 1. The standard InChI is InChI=1S/C6H7ClN2O/c1-2-4-3-8-6(7)9-5(4)10/h3H,2H2,1H3,(H,8,9,10). The number of nitrogens with zero attached hydrogens (tertiary/aromatic N) is 1. The van der Waals surface area contributed by atoms with Crippen LogP contribution in [0.15, 0.2) is 11.0 Å². The predicted molar refractivity (Wildman–Crippen MR) is 39.2 cm³/mol. The molecule has 0 saturated heterocycles. The van der Waals surface area contributed by atoms with Gasteiger partial charge in [-0.2, -0.15) is 0 Å². The molecule has 1 heterocycles. The lowest BCUT2D eigenvalue weighted by Crippen LogP contribution is -2.12. The highest BCUT2D eigenvalue weighted by Crippen LogP contribution is 1.95. The van der Waals surface area contributed by atoms with Gasteiger partial charge in [0.05, 0.1) is 0 Å². The number of aromatic nitrogens is 2. The van der Waals surface area contributed by atoms with Crippen LogP contribution in [-0.4, -0.2) is 9.97 Å². The van der Waals surface area contributed by atoms with E-state index in [1.54, 1.807) is 0 Å². The largest absolute Gasteiger partial charge is 0.297 e. The Morgan fingerprint density at radius 1 is 1.80 bits per heavy atom. The van der Waals surface area contributed by atoms with E-state index in [1.165, 1.54) is 6.20 Å². The molecule has 0 bridgehead atoms. The molecule has 54 valence electrons. The summed E-state index contributed by atoms with van der Waals surface area (Å²) in [6.45, 7) is 1.89. The fourth-order valence-electron chi connectivity index (χ4n) is 0.651. The zero-order chi connectivity index (χ0) is 7.56. The molecule has 1 aromatic rings. The molecule has 0 unspecified atom stereocenters. The van der Waals surface area contributed by atoms with Crippen LogP contribution in [0.1, 0.15) is 12.5 Å². The van der Waals surface area contributed by atoms with Crippen molar-refractivity contribution in [2.45, 2.75) is 13.3 Å². The SMILES string of the molecule is CCc1cnc(Cl)[nH]c1=O. The monoisotopic (exact) mass is 158 g/mol. The molecule has 0 aromatic carbocycles. The number of nitrogens with one attached hydrogen (secondary N) is 1. The second kappa shape index (κ2) is 2.84. The van der Waals surface area contributed by atoms with Crippen molar-refractivity contribution < 1.29 is 0 Å². The molecule has 1 N–H and O–H groups in total. The molecule has 0 saturated carbocycles. The van der Waals surface area contributed by atoms with Crippen LogP contribution in [0.25, 0.3) is 0 Å². The highest BCUT2D eigenvalue weighted by Gasteiger charge is 1.96. The zero-order valence-electron chi connectivity index (χ0n) is 5.52. The van der Waals surface area contributed by atoms with Crippen LogP contribution in [0.2, 0.25) is 5.28 Å². The van der Waals surface area contributed by atoms with E-state index < -0.39 is 0 Å². The minimum Gasteiger partial charge on any atom is -0.297 e. The molecule has 0 aliphatic rings. The summed E-state index contributed by atoms with van der Waals surface area (Å²) >= 11 is 5.41. The molecule has 0 spiro atoms. The number of hydrogen-bond acceptors (Lipinski definition) is 2. The maximum absolute atomic E-state index is 10.9. The van der Waals surface area contributed by atoms with Crippen LogP contribution in [0.5, 0.6) is 0 Å². The Labute approximate surface area is 63.1 Å². The van der Waals surface area contributed by atoms with Gasteiger partial charge in [0.25, 0.3) is 5.56 Å². The van der Waals surface area contributed by atoms with E-state index in [0.717, 1.165) is 0 Å². The maximum atomic E-state index is 10.9. The molecule has 0 fully saturated rings. The van der Waals surface area contributed by atoms with Crippen LogP contribution >= 0.6 is 11.6 Å². The van der Waals surface area contributed by atoms with E-state index in [0.29, 0.717) is 12.0 Å². The van der Waals surface area contributed by atoms with E-state index in [1.807, 2.05) is 6.92 Å². The summed E-state index contributed by atoms with van der Waals surface area (Å²) in [6.07, 6.45) is 2.17. The number of aromatic amines is 1. The molecule has 0 aliphatic carbocycles. The Morgan fingerprint density at radius 2 is 2.50 bits per heavy atom. The molecule has 0 atom stereocenters. The zero-order valence-corrected chi connectivity index (χ0v) is 6.27. The molecular weight excluding hydrogens is 152 g/mol. The average Bonchev–Trinajstić information content (AvgIpc) is 1.88. The Hall–Kier alpha value is -0.830. The van der Waals surface area contributed by atoms with Gasteiger partial charge in [0.1, 0.15) is 0 Å². The summed E-state index contributed by atoms with van der Waals surface area (Å²) in [4.78, 5) is 17.0. The first-order valence-corrected chi connectivity index (χ1v) is 3.35. The summed E-state index contributed by atoms with van der Waals surface area (Å²) in [5.74, 6) is 0. The van der Waals surface area contributed by atoms with Gasteiger partial charge in [-0.05, 0) is 18.0 Å². The van der Waals surface area contributed by atoms with Crippen molar-refractivity contribution in [2.75, 3.05) is 0 Å². The lowest BCUT2D eigenvalue weighted by atomic mass is 10.3. The number of halogens is 1. The number of H-pyrrole nitrogens is 1. The Bertz CT molecular complexity index is 281.